The highest BCUT2D eigenvalue weighted by molar-refractivity contribution is 7.90. The first kappa shape index (κ1) is 31.6. The zero-order valence-electron chi connectivity index (χ0n) is 25.3. The number of carbonyl (C=O) groups excluding carboxylic acids is 1. The van der Waals surface area contributed by atoms with Crippen LogP contribution in [0.5, 0.6) is 5.75 Å². The Hall–Kier alpha value is -4.83. The number of phenols is 1. The first-order valence-corrected chi connectivity index (χ1v) is 16.0. The summed E-state index contributed by atoms with van der Waals surface area (Å²) in [6.45, 7) is 7.36. The van der Waals surface area contributed by atoms with Crippen LogP contribution in [0.15, 0.2) is 46.2 Å². The smallest absolute Gasteiger partial charge is 0.298 e. The maximum absolute atomic E-state index is 16.1. The molecule has 4 aromatic rings. The van der Waals surface area contributed by atoms with Gasteiger partial charge in [0, 0.05) is 43.5 Å². The van der Waals surface area contributed by atoms with E-state index in [2.05, 4.69) is 15.9 Å². The number of hydrogen-bond acceptors (Lipinski definition) is 8. The average molecular weight is 636 g/mol. The molecule has 3 aromatic heterocycles. The Morgan fingerprint density at radius 3 is 2.47 bits per heavy atom. The van der Waals surface area contributed by atoms with E-state index in [1.807, 2.05) is 13.8 Å². The first-order valence-electron chi connectivity index (χ1n) is 14.1. The summed E-state index contributed by atoms with van der Waals surface area (Å²) in [7, 11) is -4.28. The first-order chi connectivity index (χ1) is 21.2. The molecular formula is C32H31F2N5O5S. The topological polar surface area (TPSA) is 126 Å². The molecule has 10 nitrogen and oxygen atoms in total. The number of amides is 1. The van der Waals surface area contributed by atoms with Crippen molar-refractivity contribution in [1.82, 2.24) is 19.4 Å². The van der Waals surface area contributed by atoms with Crippen LogP contribution in [0, 0.1) is 30.9 Å². The minimum absolute atomic E-state index is 0.0472. The molecule has 1 atom stereocenters. The Morgan fingerprint density at radius 1 is 1.16 bits per heavy atom. The van der Waals surface area contributed by atoms with Crippen molar-refractivity contribution < 1.29 is 27.1 Å². The van der Waals surface area contributed by atoms with Crippen molar-refractivity contribution in [2.75, 3.05) is 30.8 Å². The number of hydrogen-bond donors (Lipinski definition) is 1. The molecule has 1 saturated heterocycles. The summed E-state index contributed by atoms with van der Waals surface area (Å²) in [5.74, 6) is -1.29. The molecule has 1 fully saturated rings. The SMILES string of the molecule is C#CC(=O)N1CCN(c2c(S(C)(=O)=O)c(=O)n(-c3c(C)ccnc3C(C)C)c3nc(-c4c(O)cccc4F)c(F)cc23)C[C@H]1C. The van der Waals surface area contributed by atoms with Crippen LogP contribution >= 0.6 is 0 Å². The molecule has 13 heteroatoms. The van der Waals surface area contributed by atoms with Crippen LogP contribution in [0.25, 0.3) is 28.0 Å². The number of halogens is 2. The Morgan fingerprint density at radius 2 is 1.87 bits per heavy atom. The number of benzene rings is 1. The van der Waals surface area contributed by atoms with Gasteiger partial charge in [0.1, 0.15) is 17.3 Å². The third-order valence-corrected chi connectivity index (χ3v) is 9.00. The number of fused-ring (bicyclic) bond motifs is 1. The number of nitrogens with zero attached hydrogens (tertiary/aromatic N) is 5. The Bertz CT molecular complexity index is 2070. The van der Waals surface area contributed by atoms with Gasteiger partial charge in [0.25, 0.3) is 11.5 Å². The molecule has 1 aliphatic rings. The molecule has 1 aliphatic heterocycles. The highest BCUT2D eigenvalue weighted by atomic mass is 32.2. The average Bonchev–Trinajstić information content (AvgIpc) is 2.96. The zero-order valence-corrected chi connectivity index (χ0v) is 26.1. The number of carbonyl (C=O) groups is 1. The number of anilines is 1. The fourth-order valence-corrected chi connectivity index (χ4v) is 6.85. The van der Waals surface area contributed by atoms with Crippen molar-refractivity contribution in [2.24, 2.45) is 0 Å². The maximum atomic E-state index is 16.1. The third-order valence-electron chi connectivity index (χ3n) is 7.89. The standard InChI is InChI=1S/C32H31F2N5O5S/c1-7-24(41)38-14-13-37(16-19(38)5)29-20-15-22(34)27(25-21(33)9-8-10-23(25)40)36-31(20)39(32(42)30(29)45(6,43)44)28-18(4)11-12-35-26(28)17(2)3/h1,8-12,15,17,19,40H,13-14,16H2,2-6H3/t19-/m1/s1. The minimum atomic E-state index is -4.28. The Balaban J connectivity index is 1.97. The van der Waals surface area contributed by atoms with Crippen molar-refractivity contribution in [2.45, 2.75) is 44.6 Å². The largest absolute Gasteiger partial charge is 0.507 e. The van der Waals surface area contributed by atoms with Gasteiger partial charge in [0.05, 0.1) is 22.6 Å². The lowest BCUT2D eigenvalue weighted by molar-refractivity contribution is -0.127. The van der Waals surface area contributed by atoms with E-state index in [9.17, 15) is 23.1 Å². The van der Waals surface area contributed by atoms with E-state index in [0.29, 0.717) is 11.3 Å². The Kier molecular flexibility index (Phi) is 8.14. The fourth-order valence-electron chi connectivity index (χ4n) is 5.85. The lowest BCUT2D eigenvalue weighted by Gasteiger charge is -2.41. The number of aryl methyl sites for hydroxylation is 1. The molecule has 0 spiro atoms. The van der Waals surface area contributed by atoms with Gasteiger partial charge in [-0.2, -0.15) is 0 Å². The van der Waals surface area contributed by atoms with Gasteiger partial charge in [-0.1, -0.05) is 19.9 Å². The number of sulfone groups is 1. The van der Waals surface area contributed by atoms with Crippen LogP contribution < -0.4 is 10.5 Å². The zero-order chi connectivity index (χ0) is 33.0. The number of pyridine rings is 3. The predicted octanol–water partition coefficient (Wildman–Crippen LogP) is 3.94. The molecule has 0 aliphatic carbocycles. The predicted molar refractivity (Wildman–Crippen MR) is 166 cm³/mol. The van der Waals surface area contributed by atoms with Gasteiger partial charge < -0.3 is 14.9 Å². The van der Waals surface area contributed by atoms with E-state index in [1.54, 1.807) is 31.0 Å². The van der Waals surface area contributed by atoms with Gasteiger partial charge in [0.2, 0.25) is 0 Å². The quantitative estimate of drug-likeness (QED) is 0.327. The lowest BCUT2D eigenvalue weighted by Crippen LogP contribution is -2.54. The van der Waals surface area contributed by atoms with Gasteiger partial charge in [-0.05, 0) is 55.5 Å². The highest BCUT2D eigenvalue weighted by Crippen LogP contribution is 2.39. The van der Waals surface area contributed by atoms with E-state index < -0.39 is 60.9 Å². The number of rotatable bonds is 5. The summed E-state index contributed by atoms with van der Waals surface area (Å²) in [4.78, 5) is 38.2. The van der Waals surface area contributed by atoms with Gasteiger partial charge in [0.15, 0.2) is 26.2 Å². The van der Waals surface area contributed by atoms with Crippen molar-refractivity contribution >= 4 is 32.5 Å². The van der Waals surface area contributed by atoms with E-state index in [-0.39, 0.29) is 48.0 Å². The van der Waals surface area contributed by atoms with Crippen LogP contribution in [0.4, 0.5) is 14.5 Å². The summed E-state index contributed by atoms with van der Waals surface area (Å²) in [5.41, 5.74) is -1.08. The fraction of sp³-hybridized carbons (Fsp3) is 0.312. The van der Waals surface area contributed by atoms with E-state index in [1.165, 1.54) is 17.0 Å². The molecule has 45 heavy (non-hydrogen) atoms. The van der Waals surface area contributed by atoms with Crippen molar-refractivity contribution in [3.8, 4) is 35.0 Å². The summed E-state index contributed by atoms with van der Waals surface area (Å²) >= 11 is 0. The maximum Gasteiger partial charge on any atom is 0.298 e. The summed E-state index contributed by atoms with van der Waals surface area (Å²) in [6.07, 6.45) is 7.77. The van der Waals surface area contributed by atoms with Crippen molar-refractivity contribution in [3.63, 3.8) is 0 Å². The van der Waals surface area contributed by atoms with E-state index >= 15 is 8.78 Å². The molecule has 4 heterocycles. The van der Waals surface area contributed by atoms with Crippen LogP contribution in [-0.4, -0.2) is 70.8 Å². The van der Waals surface area contributed by atoms with Gasteiger partial charge in [-0.25, -0.2) is 22.2 Å². The summed E-state index contributed by atoms with van der Waals surface area (Å²) < 4.78 is 59.1. The van der Waals surface area contributed by atoms with Crippen molar-refractivity contribution in [3.05, 3.63) is 69.8 Å². The Labute approximate surface area is 258 Å². The normalized spacial score (nSPS) is 15.5. The molecular weight excluding hydrogens is 604 g/mol. The van der Waals surface area contributed by atoms with Gasteiger partial charge in [-0.3, -0.25) is 19.1 Å². The lowest BCUT2D eigenvalue weighted by atomic mass is 10.0. The second kappa shape index (κ2) is 11.6. The minimum Gasteiger partial charge on any atom is -0.507 e. The monoisotopic (exact) mass is 635 g/mol. The van der Waals surface area contributed by atoms with Crippen LogP contribution in [0.2, 0.25) is 0 Å². The molecule has 0 bridgehead atoms. The molecule has 5 rings (SSSR count). The van der Waals surface area contributed by atoms with Crippen molar-refractivity contribution in [1.29, 1.82) is 0 Å². The number of aromatic nitrogens is 3. The number of piperazine rings is 1. The number of aromatic hydroxyl groups is 1. The van der Waals surface area contributed by atoms with E-state index in [0.717, 1.165) is 23.0 Å². The van der Waals surface area contributed by atoms with Gasteiger partial charge in [-0.15, -0.1) is 6.42 Å². The number of terminal acetylenes is 1. The molecule has 1 amide bonds. The molecule has 234 valence electrons. The van der Waals surface area contributed by atoms with E-state index in [4.69, 9.17) is 6.42 Å². The molecule has 0 unspecified atom stereocenters. The van der Waals surface area contributed by atoms with Crippen LogP contribution in [0.3, 0.4) is 0 Å². The summed E-state index contributed by atoms with van der Waals surface area (Å²) in [5, 5.41) is 10.5. The van der Waals surface area contributed by atoms with Crippen LogP contribution in [0.1, 0.15) is 37.9 Å². The second-order valence-corrected chi connectivity index (χ2v) is 13.3. The third kappa shape index (κ3) is 5.39. The van der Waals surface area contributed by atoms with Crippen LogP contribution in [-0.2, 0) is 14.6 Å². The summed E-state index contributed by atoms with van der Waals surface area (Å²) in [6, 6.07) is 5.60. The highest BCUT2D eigenvalue weighted by Gasteiger charge is 2.35. The molecule has 0 radical (unpaired) electrons. The molecule has 1 N–H and O–H groups in total. The number of phenolic OH excluding ortho intramolecular Hbond substituents is 1. The van der Waals surface area contributed by atoms with Gasteiger partial charge >= 0.3 is 0 Å². The molecule has 0 saturated carbocycles. The molecule has 1 aromatic carbocycles. The second-order valence-electron chi connectivity index (χ2n) is 11.4.